The summed E-state index contributed by atoms with van der Waals surface area (Å²) >= 11 is 0. The third kappa shape index (κ3) is 2.81. The zero-order valence-corrected chi connectivity index (χ0v) is 15.7. The van der Waals surface area contributed by atoms with Crippen LogP contribution in [0.5, 0.6) is 0 Å². The topological polar surface area (TPSA) is 68.5 Å². The van der Waals surface area contributed by atoms with Crippen LogP contribution in [-0.2, 0) is 16.8 Å². The first-order valence-corrected chi connectivity index (χ1v) is 9.57. The number of amides is 1. The minimum atomic E-state index is -0.369. The van der Waals surface area contributed by atoms with Gasteiger partial charge in [0.05, 0.1) is 13.2 Å². The van der Waals surface area contributed by atoms with Crippen molar-refractivity contribution in [1.29, 1.82) is 0 Å². The Morgan fingerprint density at radius 1 is 1.11 bits per heavy atom. The van der Waals surface area contributed by atoms with Crippen molar-refractivity contribution in [3.05, 3.63) is 71.1 Å². The van der Waals surface area contributed by atoms with Crippen molar-refractivity contribution in [1.82, 2.24) is 15.1 Å². The molecule has 1 amide bonds. The number of rotatable bonds is 2. The predicted octanol–water partition coefficient (Wildman–Crippen LogP) is 3.36. The summed E-state index contributed by atoms with van der Waals surface area (Å²) in [5.74, 6) is 1.01. The van der Waals surface area contributed by atoms with Gasteiger partial charge < -0.3 is 14.1 Å². The summed E-state index contributed by atoms with van der Waals surface area (Å²) in [5.41, 5.74) is 3.65. The zero-order valence-electron chi connectivity index (χ0n) is 15.7. The molecule has 1 spiro atoms. The highest BCUT2D eigenvalue weighted by Crippen LogP contribution is 2.42. The number of aryl methyl sites for hydroxylation is 2. The fourth-order valence-electron chi connectivity index (χ4n) is 4.28. The van der Waals surface area contributed by atoms with Gasteiger partial charge >= 0.3 is 0 Å². The average molecular weight is 375 g/mol. The second-order valence-electron chi connectivity index (χ2n) is 7.43. The normalized spacial score (nSPS) is 21.1. The molecule has 1 unspecified atom stereocenters. The molecule has 6 nitrogen and oxygen atoms in total. The van der Waals surface area contributed by atoms with Gasteiger partial charge in [-0.3, -0.25) is 4.79 Å². The highest BCUT2D eigenvalue weighted by molar-refractivity contribution is 5.94. The summed E-state index contributed by atoms with van der Waals surface area (Å²) in [6, 6.07) is 15.8. The summed E-state index contributed by atoms with van der Waals surface area (Å²) < 4.78 is 11.7. The van der Waals surface area contributed by atoms with E-state index in [0.29, 0.717) is 37.0 Å². The third-order valence-corrected chi connectivity index (χ3v) is 5.68. The predicted molar refractivity (Wildman–Crippen MR) is 103 cm³/mol. The molecule has 2 aromatic carbocycles. The van der Waals surface area contributed by atoms with Crippen molar-refractivity contribution in [2.45, 2.75) is 25.4 Å². The Labute approximate surface area is 163 Å². The monoisotopic (exact) mass is 375 g/mol. The highest BCUT2D eigenvalue weighted by Gasteiger charge is 2.44. The van der Waals surface area contributed by atoms with Crippen LogP contribution < -0.4 is 0 Å². The molecule has 142 valence electrons. The number of aromatic nitrogens is 2. The Bertz CT molecular complexity index is 1020. The van der Waals surface area contributed by atoms with Gasteiger partial charge in [-0.25, -0.2) is 0 Å². The summed E-state index contributed by atoms with van der Waals surface area (Å²) in [7, 11) is 0. The summed E-state index contributed by atoms with van der Waals surface area (Å²) in [5, 5.41) is 7.87. The Morgan fingerprint density at radius 2 is 1.93 bits per heavy atom. The Hall–Kier alpha value is -2.99. The van der Waals surface area contributed by atoms with E-state index < -0.39 is 0 Å². The van der Waals surface area contributed by atoms with E-state index in [1.54, 1.807) is 6.92 Å². The van der Waals surface area contributed by atoms with Crippen LogP contribution in [0.4, 0.5) is 0 Å². The Balaban J connectivity index is 1.37. The van der Waals surface area contributed by atoms with Gasteiger partial charge in [-0.1, -0.05) is 24.3 Å². The van der Waals surface area contributed by atoms with E-state index in [1.165, 1.54) is 11.1 Å². The molecule has 2 heterocycles. The maximum absolute atomic E-state index is 13.1. The fraction of sp³-hybridized carbons (Fsp3) is 0.318. The van der Waals surface area contributed by atoms with Crippen LogP contribution in [0.25, 0.3) is 11.5 Å². The Morgan fingerprint density at radius 3 is 2.71 bits per heavy atom. The van der Waals surface area contributed by atoms with Crippen molar-refractivity contribution in [2.75, 3.05) is 19.7 Å². The van der Waals surface area contributed by atoms with Crippen molar-refractivity contribution >= 4 is 5.91 Å². The van der Waals surface area contributed by atoms with E-state index >= 15 is 0 Å². The number of fused-ring (bicyclic) bond motifs is 2. The van der Waals surface area contributed by atoms with Crippen molar-refractivity contribution in [3.8, 4) is 11.5 Å². The van der Waals surface area contributed by atoms with Gasteiger partial charge in [-0.05, 0) is 48.2 Å². The molecule has 28 heavy (non-hydrogen) atoms. The SMILES string of the molecule is Cc1nnc(-c2ccc(C(=O)N3CCOC4(CCc5ccccc54)C3)cc2)o1. The average Bonchev–Trinajstić information content (AvgIpc) is 3.32. The maximum atomic E-state index is 13.1. The fourth-order valence-corrected chi connectivity index (χ4v) is 4.28. The number of hydrogen-bond donors (Lipinski definition) is 0. The molecule has 0 bridgehead atoms. The van der Waals surface area contributed by atoms with Crippen LogP contribution in [0.15, 0.2) is 52.9 Å². The molecule has 1 atom stereocenters. The minimum absolute atomic E-state index is 0.0281. The lowest BCUT2D eigenvalue weighted by atomic mass is 9.93. The molecular formula is C22H21N3O3. The number of hydrogen-bond acceptors (Lipinski definition) is 5. The lowest BCUT2D eigenvalue weighted by molar-refractivity contribution is -0.103. The van der Waals surface area contributed by atoms with E-state index in [0.717, 1.165) is 18.4 Å². The summed E-state index contributed by atoms with van der Waals surface area (Å²) in [6.45, 7) is 3.50. The van der Waals surface area contributed by atoms with Gasteiger partial charge in [0.1, 0.15) is 5.60 Å². The van der Waals surface area contributed by atoms with Crippen molar-refractivity contribution in [2.24, 2.45) is 0 Å². The lowest BCUT2D eigenvalue weighted by Crippen LogP contribution is -2.51. The molecule has 1 aliphatic heterocycles. The molecule has 0 radical (unpaired) electrons. The van der Waals surface area contributed by atoms with E-state index in [-0.39, 0.29) is 11.5 Å². The molecule has 1 saturated heterocycles. The molecular weight excluding hydrogens is 354 g/mol. The quantitative estimate of drug-likeness (QED) is 0.687. The van der Waals surface area contributed by atoms with Gasteiger partial charge in [0.2, 0.25) is 11.8 Å². The van der Waals surface area contributed by atoms with E-state index in [9.17, 15) is 4.79 Å². The van der Waals surface area contributed by atoms with Crippen LogP contribution in [0, 0.1) is 6.92 Å². The van der Waals surface area contributed by atoms with Gasteiger partial charge in [-0.2, -0.15) is 0 Å². The smallest absolute Gasteiger partial charge is 0.254 e. The second-order valence-corrected chi connectivity index (χ2v) is 7.43. The van der Waals surface area contributed by atoms with Crippen LogP contribution >= 0.6 is 0 Å². The molecule has 0 N–H and O–H groups in total. The van der Waals surface area contributed by atoms with E-state index in [1.807, 2.05) is 35.2 Å². The number of benzene rings is 2. The number of morpholine rings is 1. The molecule has 2 aliphatic rings. The van der Waals surface area contributed by atoms with Gasteiger partial charge in [0.25, 0.3) is 5.91 Å². The standard InChI is InChI=1S/C22H21N3O3/c1-15-23-24-20(28-15)17-6-8-18(9-7-17)21(26)25-12-13-27-22(14-25)11-10-16-4-2-3-5-19(16)22/h2-9H,10-14H2,1H3. The summed E-state index contributed by atoms with van der Waals surface area (Å²) in [4.78, 5) is 15.0. The number of ether oxygens (including phenoxy) is 1. The minimum Gasteiger partial charge on any atom is -0.421 e. The van der Waals surface area contributed by atoms with E-state index in [4.69, 9.17) is 9.15 Å². The number of nitrogens with zero attached hydrogens (tertiary/aromatic N) is 3. The molecule has 1 aliphatic carbocycles. The third-order valence-electron chi connectivity index (χ3n) is 5.68. The summed E-state index contributed by atoms with van der Waals surface area (Å²) in [6.07, 6.45) is 1.92. The lowest BCUT2D eigenvalue weighted by Gasteiger charge is -2.41. The molecule has 5 rings (SSSR count). The van der Waals surface area contributed by atoms with Crippen molar-refractivity contribution in [3.63, 3.8) is 0 Å². The molecule has 1 aromatic heterocycles. The van der Waals surface area contributed by atoms with Crippen LogP contribution in [-0.4, -0.2) is 40.7 Å². The van der Waals surface area contributed by atoms with Crippen molar-refractivity contribution < 1.29 is 13.9 Å². The van der Waals surface area contributed by atoms with E-state index in [2.05, 4.69) is 28.4 Å². The first-order valence-electron chi connectivity index (χ1n) is 9.57. The van der Waals surface area contributed by atoms with Gasteiger partial charge in [0.15, 0.2) is 0 Å². The Kier molecular flexibility index (Phi) is 4.02. The first-order chi connectivity index (χ1) is 13.6. The van der Waals surface area contributed by atoms with Gasteiger partial charge in [-0.15, -0.1) is 10.2 Å². The first kappa shape index (κ1) is 17.1. The van der Waals surface area contributed by atoms with Crippen LogP contribution in [0.2, 0.25) is 0 Å². The zero-order chi connectivity index (χ0) is 19.1. The number of carbonyl (C=O) groups is 1. The van der Waals surface area contributed by atoms with Gasteiger partial charge in [0, 0.05) is 24.6 Å². The highest BCUT2D eigenvalue weighted by atomic mass is 16.5. The maximum Gasteiger partial charge on any atom is 0.254 e. The molecule has 0 saturated carbocycles. The van der Waals surface area contributed by atoms with Crippen LogP contribution in [0.3, 0.4) is 0 Å². The van der Waals surface area contributed by atoms with Crippen LogP contribution in [0.1, 0.15) is 33.8 Å². The second kappa shape index (κ2) is 6.56. The molecule has 1 fully saturated rings. The molecule has 6 heteroatoms. The largest absolute Gasteiger partial charge is 0.421 e. The number of carbonyl (C=O) groups excluding carboxylic acids is 1. The molecule has 3 aromatic rings.